The number of aliphatic hydroxyl groups excluding tert-OH is 1. The average Bonchev–Trinajstić information content (AvgIpc) is 2.76. The van der Waals surface area contributed by atoms with Crippen LogP contribution < -0.4 is 0 Å². The van der Waals surface area contributed by atoms with Gasteiger partial charge in [0.05, 0.1) is 22.2 Å². The molecule has 0 radical (unpaired) electrons. The molecule has 0 bridgehead atoms. The zero-order valence-corrected chi connectivity index (χ0v) is 9.53. The largest absolute Gasteiger partial charge is 0.387 e. The zero-order valence-electron chi connectivity index (χ0n) is 8.71. The summed E-state index contributed by atoms with van der Waals surface area (Å²) < 4.78 is 1.81. The van der Waals surface area contributed by atoms with E-state index in [9.17, 15) is 5.11 Å². The number of hydrogen-bond donors (Lipinski definition) is 1. The third-order valence-corrected chi connectivity index (χ3v) is 3.16. The van der Waals surface area contributed by atoms with Gasteiger partial charge in [0, 0.05) is 25.4 Å². The standard InChI is InChI=1S/C10H13N3OS/c1-7-3-8(13(2)12-7)4-9(14)10-5-11-6-15-10/h3,5-6,9,14H,4H2,1-2H3. The molecule has 0 spiro atoms. The molecule has 1 atom stereocenters. The van der Waals surface area contributed by atoms with Crippen molar-refractivity contribution in [1.82, 2.24) is 14.8 Å². The van der Waals surface area contributed by atoms with Crippen molar-refractivity contribution in [2.45, 2.75) is 19.4 Å². The minimum Gasteiger partial charge on any atom is -0.387 e. The van der Waals surface area contributed by atoms with Crippen molar-refractivity contribution < 1.29 is 5.11 Å². The highest BCUT2D eigenvalue weighted by Crippen LogP contribution is 2.21. The Morgan fingerprint density at radius 3 is 2.93 bits per heavy atom. The number of aromatic nitrogens is 3. The van der Waals surface area contributed by atoms with E-state index < -0.39 is 6.10 Å². The van der Waals surface area contributed by atoms with Gasteiger partial charge < -0.3 is 5.11 Å². The van der Waals surface area contributed by atoms with Gasteiger partial charge in [-0.2, -0.15) is 5.10 Å². The monoisotopic (exact) mass is 223 g/mol. The summed E-state index contributed by atoms with van der Waals surface area (Å²) in [7, 11) is 1.89. The highest BCUT2D eigenvalue weighted by molar-refractivity contribution is 7.09. The SMILES string of the molecule is Cc1cc(CC(O)c2cncs2)n(C)n1. The lowest BCUT2D eigenvalue weighted by Gasteiger charge is -2.07. The second-order valence-electron chi connectivity index (χ2n) is 3.52. The molecule has 0 saturated heterocycles. The van der Waals surface area contributed by atoms with Gasteiger partial charge in [0.25, 0.3) is 0 Å². The zero-order chi connectivity index (χ0) is 10.8. The van der Waals surface area contributed by atoms with Crippen LogP contribution in [0.25, 0.3) is 0 Å². The summed E-state index contributed by atoms with van der Waals surface area (Å²) in [6.45, 7) is 1.95. The number of aliphatic hydroxyl groups is 1. The number of rotatable bonds is 3. The maximum absolute atomic E-state index is 9.93. The summed E-state index contributed by atoms with van der Waals surface area (Å²) in [4.78, 5) is 4.85. The second kappa shape index (κ2) is 4.12. The van der Waals surface area contributed by atoms with Crippen molar-refractivity contribution >= 4 is 11.3 Å². The Kier molecular flexibility index (Phi) is 2.83. The van der Waals surface area contributed by atoms with Crippen molar-refractivity contribution in [2.24, 2.45) is 7.05 Å². The molecule has 5 heteroatoms. The molecular formula is C10H13N3OS. The van der Waals surface area contributed by atoms with Gasteiger partial charge >= 0.3 is 0 Å². The van der Waals surface area contributed by atoms with Gasteiger partial charge in [0.2, 0.25) is 0 Å². The number of aryl methyl sites for hydroxylation is 2. The molecule has 0 fully saturated rings. The van der Waals surface area contributed by atoms with Crippen LogP contribution in [0.4, 0.5) is 0 Å². The average molecular weight is 223 g/mol. The van der Waals surface area contributed by atoms with Crippen LogP contribution in [0.5, 0.6) is 0 Å². The van der Waals surface area contributed by atoms with Gasteiger partial charge in [-0.3, -0.25) is 9.67 Å². The molecule has 2 heterocycles. The first-order chi connectivity index (χ1) is 7.16. The van der Waals surface area contributed by atoms with Crippen LogP contribution in [0.2, 0.25) is 0 Å². The first kappa shape index (κ1) is 10.3. The third kappa shape index (κ3) is 2.24. The first-order valence-electron chi connectivity index (χ1n) is 4.73. The van der Waals surface area contributed by atoms with Gasteiger partial charge in [0.15, 0.2) is 0 Å². The fourth-order valence-electron chi connectivity index (χ4n) is 1.54. The van der Waals surface area contributed by atoms with Crippen LogP contribution >= 0.6 is 11.3 Å². The van der Waals surface area contributed by atoms with E-state index in [0.717, 1.165) is 16.3 Å². The fraction of sp³-hybridized carbons (Fsp3) is 0.400. The lowest BCUT2D eigenvalue weighted by Crippen LogP contribution is -2.05. The van der Waals surface area contributed by atoms with E-state index in [1.54, 1.807) is 16.4 Å². The minimum absolute atomic E-state index is 0.479. The van der Waals surface area contributed by atoms with Crippen molar-refractivity contribution in [1.29, 1.82) is 0 Å². The Labute approximate surface area is 92.2 Å². The van der Waals surface area contributed by atoms with E-state index in [1.165, 1.54) is 11.3 Å². The molecule has 2 rings (SSSR count). The molecule has 0 saturated carbocycles. The predicted molar refractivity (Wildman–Crippen MR) is 58.7 cm³/mol. The fourth-order valence-corrected chi connectivity index (χ4v) is 2.15. The molecule has 1 unspecified atom stereocenters. The van der Waals surface area contributed by atoms with Gasteiger partial charge in [-0.1, -0.05) is 0 Å². The van der Waals surface area contributed by atoms with Crippen molar-refractivity contribution in [2.75, 3.05) is 0 Å². The van der Waals surface area contributed by atoms with E-state index in [2.05, 4.69) is 10.1 Å². The highest BCUT2D eigenvalue weighted by Gasteiger charge is 2.12. The Hall–Kier alpha value is -1.20. The van der Waals surface area contributed by atoms with Gasteiger partial charge in [0.1, 0.15) is 0 Å². The molecule has 0 aliphatic heterocycles. The predicted octanol–water partition coefficient (Wildman–Crippen LogP) is 1.46. The maximum Gasteiger partial charge on any atom is 0.0953 e. The van der Waals surface area contributed by atoms with Crippen LogP contribution in [0, 0.1) is 6.92 Å². The highest BCUT2D eigenvalue weighted by atomic mass is 32.1. The van der Waals surface area contributed by atoms with E-state index in [4.69, 9.17) is 0 Å². The normalized spacial score (nSPS) is 13.0. The second-order valence-corrected chi connectivity index (χ2v) is 4.44. The number of nitrogens with zero attached hydrogens (tertiary/aromatic N) is 3. The summed E-state index contributed by atoms with van der Waals surface area (Å²) in [6, 6.07) is 1.99. The Morgan fingerprint density at radius 2 is 2.40 bits per heavy atom. The van der Waals surface area contributed by atoms with E-state index in [0.29, 0.717) is 6.42 Å². The van der Waals surface area contributed by atoms with Crippen LogP contribution in [0.1, 0.15) is 22.4 Å². The summed E-state index contributed by atoms with van der Waals surface area (Å²) in [6.07, 6.45) is 1.81. The summed E-state index contributed by atoms with van der Waals surface area (Å²) in [5.41, 5.74) is 3.74. The molecule has 1 N–H and O–H groups in total. The topological polar surface area (TPSA) is 50.9 Å². The first-order valence-corrected chi connectivity index (χ1v) is 5.61. The van der Waals surface area contributed by atoms with E-state index >= 15 is 0 Å². The van der Waals surface area contributed by atoms with Crippen molar-refractivity contribution in [3.05, 3.63) is 34.0 Å². The molecule has 80 valence electrons. The van der Waals surface area contributed by atoms with Crippen LogP contribution in [0.3, 0.4) is 0 Å². The number of thiazole rings is 1. The maximum atomic E-state index is 9.93. The molecule has 15 heavy (non-hydrogen) atoms. The van der Waals surface area contributed by atoms with E-state index in [1.807, 2.05) is 20.0 Å². The van der Waals surface area contributed by atoms with Gasteiger partial charge in [-0.15, -0.1) is 11.3 Å². The molecular weight excluding hydrogens is 210 g/mol. The van der Waals surface area contributed by atoms with Gasteiger partial charge in [-0.25, -0.2) is 0 Å². The molecule has 2 aromatic rings. The number of hydrogen-bond acceptors (Lipinski definition) is 4. The van der Waals surface area contributed by atoms with Crippen molar-refractivity contribution in [3.63, 3.8) is 0 Å². The summed E-state index contributed by atoms with van der Waals surface area (Å²) in [5, 5.41) is 14.2. The van der Waals surface area contributed by atoms with Crippen molar-refractivity contribution in [3.8, 4) is 0 Å². The minimum atomic E-state index is -0.479. The Bertz CT molecular complexity index is 435. The van der Waals surface area contributed by atoms with Crippen LogP contribution in [-0.2, 0) is 13.5 Å². The Morgan fingerprint density at radius 1 is 1.60 bits per heavy atom. The molecule has 4 nitrogen and oxygen atoms in total. The molecule has 0 amide bonds. The summed E-state index contributed by atoms with van der Waals surface area (Å²) in [5.74, 6) is 0. The lowest BCUT2D eigenvalue weighted by molar-refractivity contribution is 0.179. The smallest absolute Gasteiger partial charge is 0.0953 e. The lowest BCUT2D eigenvalue weighted by atomic mass is 10.1. The quantitative estimate of drug-likeness (QED) is 0.857. The van der Waals surface area contributed by atoms with Crippen LogP contribution in [-0.4, -0.2) is 19.9 Å². The van der Waals surface area contributed by atoms with Gasteiger partial charge in [-0.05, 0) is 13.0 Å². The van der Waals surface area contributed by atoms with E-state index in [-0.39, 0.29) is 0 Å². The Balaban J connectivity index is 2.12. The molecule has 0 aromatic carbocycles. The third-order valence-electron chi connectivity index (χ3n) is 2.28. The molecule has 0 aliphatic carbocycles. The van der Waals surface area contributed by atoms with Crippen LogP contribution in [0.15, 0.2) is 17.8 Å². The summed E-state index contributed by atoms with van der Waals surface area (Å²) >= 11 is 1.47. The molecule has 2 aromatic heterocycles. The molecule has 0 aliphatic rings.